The van der Waals surface area contributed by atoms with Crippen LogP contribution >= 0.6 is 11.6 Å². The minimum absolute atomic E-state index is 0.0782. The molecule has 1 heterocycles. The molecule has 0 aliphatic rings. The van der Waals surface area contributed by atoms with E-state index in [1.165, 1.54) is 6.20 Å². The topological polar surface area (TPSA) is 78.7 Å². The van der Waals surface area contributed by atoms with E-state index in [2.05, 4.69) is 15.3 Å². The number of hydrogen-bond acceptors (Lipinski definition) is 5. The van der Waals surface area contributed by atoms with Gasteiger partial charge in [-0.15, -0.1) is 0 Å². The molecule has 0 unspecified atom stereocenters. The van der Waals surface area contributed by atoms with Crippen molar-refractivity contribution in [1.29, 1.82) is 5.26 Å². The van der Waals surface area contributed by atoms with Crippen LogP contribution in [0.2, 0.25) is 5.02 Å². The van der Waals surface area contributed by atoms with Crippen LogP contribution in [0.25, 0.3) is 0 Å². The molecule has 0 amide bonds. The highest BCUT2D eigenvalue weighted by Crippen LogP contribution is 2.18. The number of carbonyl (C=O) groups excluding carboxylic acids is 1. The smallest absolute Gasteiger partial charge is 0.226 e. The molecule has 2 rings (SSSR count). The van der Waals surface area contributed by atoms with Crippen molar-refractivity contribution in [2.45, 2.75) is 0 Å². The molecule has 1 aromatic carbocycles. The highest BCUT2D eigenvalue weighted by atomic mass is 35.5. The van der Waals surface area contributed by atoms with Gasteiger partial charge in [-0.05, 0) is 18.2 Å². The Morgan fingerprint density at radius 2 is 1.95 bits per heavy atom. The number of Topliss-reactive ketones (excluding diaryl/α,β-unsaturated/α-hetero) is 1. The van der Waals surface area contributed by atoms with Gasteiger partial charge in [0.25, 0.3) is 0 Å². The Labute approximate surface area is 120 Å². The van der Waals surface area contributed by atoms with Gasteiger partial charge >= 0.3 is 0 Å². The van der Waals surface area contributed by atoms with Gasteiger partial charge in [0.1, 0.15) is 11.6 Å². The van der Waals surface area contributed by atoms with Crippen molar-refractivity contribution in [3.05, 3.63) is 65.1 Å². The summed E-state index contributed by atoms with van der Waals surface area (Å²) < 4.78 is 0. The summed E-state index contributed by atoms with van der Waals surface area (Å²) in [6, 6.07) is 10.0. The molecule has 98 valence electrons. The van der Waals surface area contributed by atoms with E-state index in [0.717, 1.165) is 0 Å². The molecule has 0 spiro atoms. The number of nitrogens with one attached hydrogen (secondary N) is 1. The van der Waals surface area contributed by atoms with Crippen LogP contribution < -0.4 is 5.32 Å². The Morgan fingerprint density at radius 1 is 1.25 bits per heavy atom. The van der Waals surface area contributed by atoms with Crippen LogP contribution in [0.3, 0.4) is 0 Å². The summed E-state index contributed by atoms with van der Waals surface area (Å²) in [5, 5.41) is 12.1. The van der Waals surface area contributed by atoms with Crippen molar-refractivity contribution in [2.24, 2.45) is 0 Å². The molecule has 0 aliphatic carbocycles. The molecule has 0 saturated heterocycles. The van der Waals surface area contributed by atoms with Gasteiger partial charge in [0, 0.05) is 24.2 Å². The average molecular weight is 285 g/mol. The van der Waals surface area contributed by atoms with Crippen molar-refractivity contribution < 1.29 is 4.79 Å². The monoisotopic (exact) mass is 284 g/mol. The number of nitrogens with zero attached hydrogens (tertiary/aromatic N) is 3. The van der Waals surface area contributed by atoms with Crippen molar-refractivity contribution in [2.75, 3.05) is 5.32 Å². The maximum atomic E-state index is 12.2. The van der Waals surface area contributed by atoms with E-state index in [1.807, 2.05) is 6.07 Å². The molecular weight excluding hydrogens is 276 g/mol. The predicted octanol–water partition coefficient (Wildman–Crippen LogP) is 2.83. The fourth-order valence-corrected chi connectivity index (χ4v) is 1.67. The first-order valence-corrected chi connectivity index (χ1v) is 6.03. The highest BCUT2D eigenvalue weighted by Gasteiger charge is 2.14. The zero-order chi connectivity index (χ0) is 14.4. The van der Waals surface area contributed by atoms with Crippen LogP contribution in [0, 0.1) is 11.3 Å². The number of benzene rings is 1. The normalized spacial score (nSPS) is 10.7. The second kappa shape index (κ2) is 6.45. The Hall–Kier alpha value is -2.71. The molecule has 5 nitrogen and oxygen atoms in total. The Morgan fingerprint density at radius 3 is 2.60 bits per heavy atom. The number of carbonyl (C=O) groups is 1. The molecule has 1 N–H and O–H groups in total. The van der Waals surface area contributed by atoms with E-state index < -0.39 is 5.78 Å². The van der Waals surface area contributed by atoms with Gasteiger partial charge < -0.3 is 5.32 Å². The Bertz CT molecular complexity index is 692. The third-order valence-corrected chi connectivity index (χ3v) is 2.72. The van der Waals surface area contributed by atoms with Gasteiger partial charge in [0.05, 0.1) is 5.02 Å². The molecule has 0 radical (unpaired) electrons. The van der Waals surface area contributed by atoms with Crippen molar-refractivity contribution in [3.8, 4) is 6.07 Å². The summed E-state index contributed by atoms with van der Waals surface area (Å²) in [7, 11) is 0. The Balaban J connectivity index is 2.23. The van der Waals surface area contributed by atoms with Crippen molar-refractivity contribution >= 4 is 23.3 Å². The van der Waals surface area contributed by atoms with E-state index in [9.17, 15) is 4.79 Å². The van der Waals surface area contributed by atoms with E-state index in [0.29, 0.717) is 11.0 Å². The maximum Gasteiger partial charge on any atom is 0.226 e. The first-order chi connectivity index (χ1) is 9.72. The second-order valence-corrected chi connectivity index (χ2v) is 4.10. The fraction of sp³-hybridized carbons (Fsp3) is 0. The third-order valence-electron chi connectivity index (χ3n) is 2.39. The quantitative estimate of drug-likeness (QED) is 0.530. The lowest BCUT2D eigenvalue weighted by Gasteiger charge is -2.02. The number of anilines is 1. The predicted molar refractivity (Wildman–Crippen MR) is 75.1 cm³/mol. The summed E-state index contributed by atoms with van der Waals surface area (Å²) in [6.07, 6.45) is 4.36. The van der Waals surface area contributed by atoms with E-state index >= 15 is 0 Å². The number of rotatable bonds is 4. The van der Waals surface area contributed by atoms with Gasteiger partial charge in [-0.2, -0.15) is 5.26 Å². The highest BCUT2D eigenvalue weighted by molar-refractivity contribution is 6.35. The standard InChI is InChI=1S/C14H9ClN4O/c15-12-5-2-1-4-11(12)13(20)10(8-16)9-19-14-17-6-3-7-18-14/h1-7,9H,(H,17,18,19)/b10-9+. The van der Waals surface area contributed by atoms with Gasteiger partial charge in [-0.1, -0.05) is 23.7 Å². The second-order valence-electron chi connectivity index (χ2n) is 3.70. The van der Waals surface area contributed by atoms with Crippen molar-refractivity contribution in [1.82, 2.24) is 9.97 Å². The molecular formula is C14H9ClN4O. The first-order valence-electron chi connectivity index (χ1n) is 5.65. The average Bonchev–Trinajstić information content (AvgIpc) is 2.49. The third kappa shape index (κ3) is 3.19. The number of halogens is 1. The first kappa shape index (κ1) is 13.7. The molecule has 6 heteroatoms. The number of allylic oxidation sites excluding steroid dienone is 1. The zero-order valence-corrected chi connectivity index (χ0v) is 11.0. The van der Waals surface area contributed by atoms with Crippen molar-refractivity contribution in [3.63, 3.8) is 0 Å². The van der Waals surface area contributed by atoms with Crippen LogP contribution in [0.15, 0.2) is 54.5 Å². The number of hydrogen-bond donors (Lipinski definition) is 1. The molecule has 20 heavy (non-hydrogen) atoms. The van der Waals surface area contributed by atoms with E-state index in [1.54, 1.807) is 42.7 Å². The maximum absolute atomic E-state index is 12.2. The van der Waals surface area contributed by atoms with Crippen LogP contribution in [0.1, 0.15) is 10.4 Å². The van der Waals surface area contributed by atoms with Gasteiger partial charge in [-0.3, -0.25) is 4.79 Å². The van der Waals surface area contributed by atoms with Gasteiger partial charge in [0.15, 0.2) is 0 Å². The number of ketones is 1. The SMILES string of the molecule is N#C/C(=C\Nc1ncccn1)C(=O)c1ccccc1Cl. The lowest BCUT2D eigenvalue weighted by molar-refractivity contribution is 0.103. The van der Waals surface area contributed by atoms with Crippen LogP contribution in [0.4, 0.5) is 5.95 Å². The summed E-state index contributed by atoms with van der Waals surface area (Å²) >= 11 is 5.93. The molecule has 0 aliphatic heterocycles. The molecule has 0 fully saturated rings. The molecule has 0 saturated carbocycles. The van der Waals surface area contributed by atoms with Crippen LogP contribution in [-0.4, -0.2) is 15.8 Å². The van der Waals surface area contributed by atoms with E-state index in [-0.39, 0.29) is 11.1 Å². The van der Waals surface area contributed by atoms with Crippen LogP contribution in [0.5, 0.6) is 0 Å². The van der Waals surface area contributed by atoms with Gasteiger partial charge in [-0.25, -0.2) is 9.97 Å². The zero-order valence-electron chi connectivity index (χ0n) is 10.2. The molecule has 2 aromatic rings. The molecule has 0 bridgehead atoms. The number of aromatic nitrogens is 2. The van der Waals surface area contributed by atoms with E-state index in [4.69, 9.17) is 16.9 Å². The Kier molecular flexibility index (Phi) is 4.43. The molecule has 1 aromatic heterocycles. The number of nitriles is 1. The summed E-state index contributed by atoms with van der Waals surface area (Å²) in [6.45, 7) is 0. The van der Waals surface area contributed by atoms with Crippen LogP contribution in [-0.2, 0) is 0 Å². The summed E-state index contributed by atoms with van der Waals surface area (Å²) in [4.78, 5) is 20.0. The largest absolute Gasteiger partial charge is 0.329 e. The summed E-state index contributed by atoms with van der Waals surface area (Å²) in [5.74, 6) is -0.159. The lowest BCUT2D eigenvalue weighted by Crippen LogP contribution is -2.05. The minimum atomic E-state index is -0.457. The fourth-order valence-electron chi connectivity index (χ4n) is 1.45. The lowest BCUT2D eigenvalue weighted by atomic mass is 10.1. The molecule has 0 atom stereocenters. The minimum Gasteiger partial charge on any atom is -0.329 e. The van der Waals surface area contributed by atoms with Gasteiger partial charge in [0.2, 0.25) is 11.7 Å². The summed E-state index contributed by atoms with van der Waals surface area (Å²) in [5.41, 5.74) is 0.197.